The van der Waals surface area contributed by atoms with Crippen LogP contribution < -0.4 is 5.32 Å². The van der Waals surface area contributed by atoms with Gasteiger partial charge in [0.25, 0.3) is 5.91 Å². The summed E-state index contributed by atoms with van der Waals surface area (Å²) in [4.78, 5) is 19.0. The number of nitrogens with zero attached hydrogens (tertiary/aromatic N) is 2. The lowest BCUT2D eigenvalue weighted by atomic mass is 9.91. The SMILES string of the molecule is Cc1cccc(CN2CCCC(O)(CNCc3csc(C)n3)C2=O)c1. The van der Waals surface area contributed by atoms with Crippen LogP contribution in [0.3, 0.4) is 0 Å². The molecule has 0 bridgehead atoms. The maximum absolute atomic E-state index is 12.8. The van der Waals surface area contributed by atoms with Crippen molar-refractivity contribution < 1.29 is 9.90 Å². The van der Waals surface area contributed by atoms with E-state index in [0.717, 1.165) is 22.7 Å². The second-order valence-corrected chi connectivity index (χ2v) is 7.87. The Morgan fingerprint density at radius 1 is 1.40 bits per heavy atom. The zero-order valence-corrected chi connectivity index (χ0v) is 15.6. The topological polar surface area (TPSA) is 65.5 Å². The van der Waals surface area contributed by atoms with Crippen molar-refractivity contribution in [2.45, 2.75) is 45.4 Å². The van der Waals surface area contributed by atoms with Gasteiger partial charge in [0.05, 0.1) is 10.7 Å². The fourth-order valence-corrected chi connectivity index (χ4v) is 3.91. The third-order valence-electron chi connectivity index (χ3n) is 4.55. The number of likely N-dealkylation sites (tertiary alicyclic amines) is 1. The predicted octanol–water partition coefficient (Wildman–Crippen LogP) is 2.40. The zero-order valence-electron chi connectivity index (χ0n) is 14.8. The molecule has 0 radical (unpaired) electrons. The lowest BCUT2D eigenvalue weighted by molar-refractivity contribution is -0.157. The first-order valence-corrected chi connectivity index (χ1v) is 9.53. The van der Waals surface area contributed by atoms with Crippen LogP contribution in [0.5, 0.6) is 0 Å². The van der Waals surface area contributed by atoms with E-state index in [0.29, 0.717) is 26.1 Å². The van der Waals surface area contributed by atoms with Crippen molar-refractivity contribution in [3.05, 3.63) is 51.5 Å². The first-order valence-electron chi connectivity index (χ1n) is 8.65. The van der Waals surface area contributed by atoms with Gasteiger partial charge in [-0.2, -0.15) is 0 Å². The van der Waals surface area contributed by atoms with Gasteiger partial charge in [-0.3, -0.25) is 4.79 Å². The number of amides is 1. The predicted molar refractivity (Wildman–Crippen MR) is 99.3 cm³/mol. The van der Waals surface area contributed by atoms with E-state index in [1.165, 1.54) is 5.56 Å². The molecule has 6 heteroatoms. The third-order valence-corrected chi connectivity index (χ3v) is 5.37. The van der Waals surface area contributed by atoms with Crippen molar-refractivity contribution in [2.75, 3.05) is 13.1 Å². The zero-order chi connectivity index (χ0) is 17.9. The van der Waals surface area contributed by atoms with Gasteiger partial charge in [0.2, 0.25) is 0 Å². The molecule has 1 aliphatic heterocycles. The number of carbonyl (C=O) groups excluding carboxylic acids is 1. The number of aliphatic hydroxyl groups is 1. The summed E-state index contributed by atoms with van der Waals surface area (Å²) in [6, 6.07) is 8.16. The smallest absolute Gasteiger partial charge is 0.256 e. The van der Waals surface area contributed by atoms with Gasteiger partial charge < -0.3 is 15.3 Å². The molecule has 1 unspecified atom stereocenters. The van der Waals surface area contributed by atoms with Crippen molar-refractivity contribution >= 4 is 17.2 Å². The maximum Gasteiger partial charge on any atom is 0.256 e. The highest BCUT2D eigenvalue weighted by molar-refractivity contribution is 7.09. The quantitative estimate of drug-likeness (QED) is 0.831. The van der Waals surface area contributed by atoms with Crippen molar-refractivity contribution in [1.82, 2.24) is 15.2 Å². The van der Waals surface area contributed by atoms with Gasteiger partial charge >= 0.3 is 0 Å². The minimum absolute atomic E-state index is 0.179. The van der Waals surface area contributed by atoms with Crippen LogP contribution in [-0.2, 0) is 17.9 Å². The number of benzene rings is 1. The lowest BCUT2D eigenvalue weighted by Crippen LogP contribution is -2.57. The Balaban J connectivity index is 1.59. The van der Waals surface area contributed by atoms with Gasteiger partial charge in [0.1, 0.15) is 0 Å². The van der Waals surface area contributed by atoms with Crippen LogP contribution in [0.1, 0.15) is 34.7 Å². The van der Waals surface area contributed by atoms with Crippen LogP contribution in [-0.4, -0.2) is 39.6 Å². The number of hydrogen-bond acceptors (Lipinski definition) is 5. The van der Waals surface area contributed by atoms with Gasteiger partial charge in [0, 0.05) is 31.6 Å². The molecule has 1 amide bonds. The Kier molecular flexibility index (Phi) is 5.51. The van der Waals surface area contributed by atoms with Crippen molar-refractivity contribution in [1.29, 1.82) is 0 Å². The molecule has 1 saturated heterocycles. The van der Waals surface area contributed by atoms with E-state index in [1.807, 2.05) is 37.4 Å². The van der Waals surface area contributed by atoms with Gasteiger partial charge in [-0.15, -0.1) is 11.3 Å². The number of hydrogen-bond donors (Lipinski definition) is 2. The third kappa shape index (κ3) is 4.45. The molecule has 25 heavy (non-hydrogen) atoms. The Labute approximate surface area is 152 Å². The average Bonchev–Trinajstić information content (AvgIpc) is 2.98. The molecule has 5 nitrogen and oxygen atoms in total. The molecular weight excluding hydrogens is 334 g/mol. The molecule has 0 spiro atoms. The van der Waals surface area contributed by atoms with Crippen LogP contribution in [0.15, 0.2) is 29.6 Å². The highest BCUT2D eigenvalue weighted by Gasteiger charge is 2.41. The van der Waals surface area contributed by atoms with E-state index in [2.05, 4.69) is 16.4 Å². The van der Waals surface area contributed by atoms with E-state index < -0.39 is 5.60 Å². The number of carbonyl (C=O) groups is 1. The number of thiazole rings is 1. The molecule has 2 aromatic rings. The largest absolute Gasteiger partial charge is 0.379 e. The number of aryl methyl sites for hydroxylation is 2. The van der Waals surface area contributed by atoms with E-state index in [1.54, 1.807) is 16.2 Å². The minimum Gasteiger partial charge on any atom is -0.379 e. The van der Waals surface area contributed by atoms with Crippen LogP contribution in [0.25, 0.3) is 0 Å². The molecule has 2 heterocycles. The number of nitrogens with one attached hydrogen (secondary N) is 1. The maximum atomic E-state index is 12.8. The van der Waals surface area contributed by atoms with Crippen molar-refractivity contribution in [3.63, 3.8) is 0 Å². The highest BCUT2D eigenvalue weighted by Crippen LogP contribution is 2.24. The van der Waals surface area contributed by atoms with E-state index in [9.17, 15) is 9.90 Å². The number of piperidine rings is 1. The van der Waals surface area contributed by atoms with Crippen LogP contribution in [0.2, 0.25) is 0 Å². The molecule has 0 saturated carbocycles. The summed E-state index contributed by atoms with van der Waals surface area (Å²) in [7, 11) is 0. The Morgan fingerprint density at radius 3 is 2.96 bits per heavy atom. The summed E-state index contributed by atoms with van der Waals surface area (Å²) in [5.41, 5.74) is 1.90. The summed E-state index contributed by atoms with van der Waals surface area (Å²) in [5, 5.41) is 17.1. The minimum atomic E-state index is -1.33. The van der Waals surface area contributed by atoms with E-state index >= 15 is 0 Å². The second kappa shape index (κ2) is 7.64. The standard InChI is InChI=1S/C19H25N3O2S/c1-14-5-3-6-16(9-14)11-22-8-4-7-19(24,18(22)23)13-20-10-17-12-25-15(2)21-17/h3,5-6,9,12,20,24H,4,7-8,10-11,13H2,1-2H3. The van der Waals surface area contributed by atoms with Crippen molar-refractivity contribution in [3.8, 4) is 0 Å². The molecule has 1 aliphatic rings. The molecule has 1 fully saturated rings. The van der Waals surface area contributed by atoms with Crippen molar-refractivity contribution in [2.24, 2.45) is 0 Å². The summed E-state index contributed by atoms with van der Waals surface area (Å²) in [6.45, 7) is 6.08. The first-order chi connectivity index (χ1) is 12.0. The fourth-order valence-electron chi connectivity index (χ4n) is 3.30. The Morgan fingerprint density at radius 2 is 2.24 bits per heavy atom. The van der Waals surface area contributed by atoms with Gasteiger partial charge in [-0.05, 0) is 32.3 Å². The molecule has 1 aromatic carbocycles. The summed E-state index contributed by atoms with van der Waals surface area (Å²) in [6.07, 6.45) is 1.31. The first kappa shape index (κ1) is 18.0. The van der Waals surface area contributed by atoms with E-state index in [-0.39, 0.29) is 12.5 Å². The van der Waals surface area contributed by atoms with Crippen LogP contribution in [0, 0.1) is 13.8 Å². The number of aromatic nitrogens is 1. The molecule has 1 aromatic heterocycles. The molecule has 2 N–H and O–H groups in total. The van der Waals surface area contributed by atoms with Gasteiger partial charge in [0.15, 0.2) is 5.60 Å². The second-order valence-electron chi connectivity index (χ2n) is 6.81. The summed E-state index contributed by atoms with van der Waals surface area (Å²) >= 11 is 1.60. The normalized spacial score (nSPS) is 20.9. The van der Waals surface area contributed by atoms with Gasteiger partial charge in [-0.25, -0.2) is 4.98 Å². The molecule has 3 rings (SSSR count). The average molecular weight is 359 g/mol. The van der Waals surface area contributed by atoms with Crippen LogP contribution >= 0.6 is 11.3 Å². The highest BCUT2D eigenvalue weighted by atomic mass is 32.1. The van der Waals surface area contributed by atoms with Crippen LogP contribution in [0.4, 0.5) is 0 Å². The number of rotatable bonds is 6. The molecule has 1 atom stereocenters. The summed E-state index contributed by atoms with van der Waals surface area (Å²) < 4.78 is 0. The monoisotopic (exact) mass is 359 g/mol. The molecular formula is C19H25N3O2S. The Hall–Kier alpha value is -1.76. The molecule has 134 valence electrons. The molecule has 0 aliphatic carbocycles. The Bertz CT molecular complexity index is 746. The fraction of sp³-hybridized carbons (Fsp3) is 0.474. The van der Waals surface area contributed by atoms with E-state index in [4.69, 9.17) is 0 Å². The lowest BCUT2D eigenvalue weighted by Gasteiger charge is -2.38. The van der Waals surface area contributed by atoms with Gasteiger partial charge in [-0.1, -0.05) is 29.8 Å². The summed E-state index contributed by atoms with van der Waals surface area (Å²) in [5.74, 6) is -0.179.